The Labute approximate surface area is 244 Å². The summed E-state index contributed by atoms with van der Waals surface area (Å²) in [6, 6.07) is 3.51. The second-order valence-corrected chi connectivity index (χ2v) is 9.95. The van der Waals surface area contributed by atoms with Gasteiger partial charge in [-0.25, -0.2) is 14.4 Å². The van der Waals surface area contributed by atoms with Crippen LogP contribution in [0.3, 0.4) is 0 Å². The van der Waals surface area contributed by atoms with Gasteiger partial charge in [0.1, 0.15) is 22.1 Å². The van der Waals surface area contributed by atoms with Crippen molar-refractivity contribution in [3.05, 3.63) is 102 Å². The molecule has 0 spiro atoms. The first kappa shape index (κ1) is 31.8. The zero-order valence-electron chi connectivity index (χ0n) is 23.0. The summed E-state index contributed by atoms with van der Waals surface area (Å²) >= 11 is 11.9. The summed E-state index contributed by atoms with van der Waals surface area (Å²) in [5.74, 6) is -4.77. The van der Waals surface area contributed by atoms with Gasteiger partial charge < -0.3 is 20.1 Å². The van der Waals surface area contributed by atoms with Gasteiger partial charge in [-0.2, -0.15) is 0 Å². The predicted molar refractivity (Wildman–Crippen MR) is 150 cm³/mol. The normalized spacial score (nSPS) is 11.6. The zero-order valence-corrected chi connectivity index (χ0v) is 24.5. The first-order valence-corrected chi connectivity index (χ1v) is 13.0. The molecule has 0 aliphatic rings. The van der Waals surface area contributed by atoms with Crippen molar-refractivity contribution in [2.45, 2.75) is 53.1 Å². The molecule has 11 nitrogen and oxygen atoms in total. The van der Waals surface area contributed by atoms with Crippen LogP contribution in [0.1, 0.15) is 50.3 Å². The molecular formula is C27H28Cl2FN5O6. The molecule has 0 bridgehead atoms. The third kappa shape index (κ3) is 6.47. The highest BCUT2D eigenvalue weighted by molar-refractivity contribution is 6.31. The average molecular weight is 608 g/mol. The maximum absolute atomic E-state index is 14.2. The van der Waals surface area contributed by atoms with Gasteiger partial charge in [0.25, 0.3) is 11.1 Å². The molecule has 0 aliphatic heterocycles. The van der Waals surface area contributed by atoms with E-state index in [4.69, 9.17) is 27.9 Å². The number of ether oxygens (including phenoxy) is 1. The Hall–Kier alpha value is -3.68. The Morgan fingerprint density at radius 3 is 2.20 bits per heavy atom. The van der Waals surface area contributed by atoms with Gasteiger partial charge in [0, 0.05) is 42.6 Å². The van der Waals surface area contributed by atoms with E-state index in [1.807, 2.05) is 13.8 Å². The van der Waals surface area contributed by atoms with E-state index in [1.54, 1.807) is 6.92 Å². The molecular weight excluding hydrogens is 580 g/mol. The molecule has 0 atom stereocenters. The summed E-state index contributed by atoms with van der Waals surface area (Å²) in [4.78, 5) is 38.1. The highest BCUT2D eigenvalue weighted by Crippen LogP contribution is 2.31. The Morgan fingerprint density at radius 2 is 1.59 bits per heavy atom. The topological polar surface area (TPSA) is 153 Å². The van der Waals surface area contributed by atoms with E-state index in [0.29, 0.717) is 11.3 Å². The summed E-state index contributed by atoms with van der Waals surface area (Å²) < 4.78 is 21.7. The van der Waals surface area contributed by atoms with Crippen LogP contribution >= 0.6 is 23.2 Å². The minimum absolute atomic E-state index is 0.0825. The number of aromatic nitrogens is 5. The summed E-state index contributed by atoms with van der Waals surface area (Å²) in [5, 5.41) is 30.4. The van der Waals surface area contributed by atoms with Crippen molar-refractivity contribution in [3.8, 4) is 17.3 Å². The first-order valence-electron chi connectivity index (χ1n) is 12.3. The molecule has 0 saturated carbocycles. The van der Waals surface area contributed by atoms with Gasteiger partial charge in [0.05, 0.1) is 10.7 Å². The van der Waals surface area contributed by atoms with Crippen molar-refractivity contribution < 1.29 is 24.4 Å². The lowest BCUT2D eigenvalue weighted by Crippen LogP contribution is -2.35. The molecule has 0 saturated heterocycles. The van der Waals surface area contributed by atoms with Crippen LogP contribution in [0.25, 0.3) is 11.5 Å². The second-order valence-electron chi connectivity index (χ2n) is 9.14. The fraction of sp³-hybridized carbons (Fsp3) is 0.296. The summed E-state index contributed by atoms with van der Waals surface area (Å²) in [5.41, 5.74) is -2.86. The Bertz CT molecular complexity index is 1720. The number of hydrogen-bond acceptors (Lipinski definition) is 9. The molecule has 4 heterocycles. The number of hydrogen-bond donors (Lipinski definition) is 3. The molecule has 14 heteroatoms. The maximum Gasteiger partial charge on any atom is 0.372 e. The van der Waals surface area contributed by atoms with E-state index in [0.717, 1.165) is 12.3 Å². The number of nitrogens with zero attached hydrogens (tertiary/aromatic N) is 5. The minimum Gasteiger partial charge on any atom is -0.433 e. The van der Waals surface area contributed by atoms with E-state index in [1.165, 1.54) is 60.6 Å². The van der Waals surface area contributed by atoms with Crippen LogP contribution in [0, 0.1) is 19.7 Å². The molecule has 0 unspecified atom stereocenters. The van der Waals surface area contributed by atoms with Crippen LogP contribution in [-0.2, 0) is 11.6 Å². The van der Waals surface area contributed by atoms with E-state index in [9.17, 15) is 29.3 Å². The smallest absolute Gasteiger partial charge is 0.372 e. The molecule has 0 radical (unpaired) electrons. The lowest BCUT2D eigenvalue weighted by atomic mass is 10.1. The predicted octanol–water partition coefficient (Wildman–Crippen LogP) is 3.66. The molecule has 0 aliphatic carbocycles. The van der Waals surface area contributed by atoms with Gasteiger partial charge in [0.15, 0.2) is 17.3 Å². The van der Waals surface area contributed by atoms with Gasteiger partial charge in [-0.3, -0.25) is 23.7 Å². The fourth-order valence-electron chi connectivity index (χ4n) is 3.80. The largest absolute Gasteiger partial charge is 0.433 e. The zero-order chi connectivity index (χ0) is 30.9. The highest BCUT2D eigenvalue weighted by atomic mass is 35.5. The molecule has 41 heavy (non-hydrogen) atoms. The van der Waals surface area contributed by atoms with Crippen molar-refractivity contribution in [1.82, 2.24) is 24.1 Å². The minimum atomic E-state index is -3.29. The Morgan fingerprint density at radius 1 is 0.927 bits per heavy atom. The first-order chi connectivity index (χ1) is 19.1. The van der Waals surface area contributed by atoms with Crippen LogP contribution in [0.5, 0.6) is 5.75 Å². The molecule has 3 N–H and O–H groups in total. The lowest BCUT2D eigenvalue weighted by molar-refractivity contribution is -0.308. The molecule has 4 aromatic heterocycles. The third-order valence-corrected chi connectivity index (χ3v) is 6.19. The number of pyridine rings is 3. The van der Waals surface area contributed by atoms with E-state index in [-0.39, 0.29) is 22.2 Å². The third-order valence-electron chi connectivity index (χ3n) is 5.64. The summed E-state index contributed by atoms with van der Waals surface area (Å²) in [6.07, 6.45) is 5.13. The molecule has 4 rings (SSSR count). The summed E-state index contributed by atoms with van der Waals surface area (Å²) in [6.45, 7) is 10.0. The maximum atomic E-state index is 14.2. The van der Waals surface area contributed by atoms with Crippen molar-refractivity contribution in [1.29, 1.82) is 0 Å². The van der Waals surface area contributed by atoms with Gasteiger partial charge in [0.2, 0.25) is 0 Å². The van der Waals surface area contributed by atoms with E-state index >= 15 is 0 Å². The van der Waals surface area contributed by atoms with Crippen LogP contribution < -0.4 is 15.9 Å². The number of halogens is 3. The van der Waals surface area contributed by atoms with Crippen LogP contribution in [0.2, 0.25) is 10.0 Å². The lowest BCUT2D eigenvalue weighted by Gasteiger charge is -2.24. The molecule has 218 valence electrons. The highest BCUT2D eigenvalue weighted by Gasteiger charge is 2.36. The van der Waals surface area contributed by atoms with Crippen molar-refractivity contribution >= 4 is 23.2 Å². The molecule has 0 amide bonds. The van der Waals surface area contributed by atoms with Crippen LogP contribution in [0.4, 0.5) is 4.39 Å². The standard InChI is InChI=1S/C25H22Cl2FN5O6.C2H6/c1-12-10-30-18(32-6-5-29-21(23(32)35)24(3,4)36)9-16(12)33-13(2)7-17(19(27)22(33)34)39-25(37,38)20-15(28)8-14(26)11-31-20;1-2/h5-11,36-38H,1-4H3;1-2H3. The van der Waals surface area contributed by atoms with Gasteiger partial charge in [-0.1, -0.05) is 37.0 Å². The number of aryl methyl sites for hydroxylation is 2. The van der Waals surface area contributed by atoms with Gasteiger partial charge in [-0.05, 0) is 39.3 Å². The van der Waals surface area contributed by atoms with Crippen LogP contribution in [0.15, 0.2) is 52.6 Å². The Balaban J connectivity index is 0.00000226. The number of aliphatic hydroxyl groups is 3. The number of rotatable bonds is 6. The van der Waals surface area contributed by atoms with Crippen LogP contribution in [-0.4, -0.2) is 39.4 Å². The average Bonchev–Trinajstić information content (AvgIpc) is 2.88. The quantitative estimate of drug-likeness (QED) is 0.279. The van der Waals surface area contributed by atoms with E-state index in [2.05, 4.69) is 15.0 Å². The van der Waals surface area contributed by atoms with Gasteiger partial charge in [-0.15, -0.1) is 0 Å². The van der Waals surface area contributed by atoms with Crippen molar-refractivity contribution in [3.63, 3.8) is 0 Å². The molecule has 0 aromatic carbocycles. The summed E-state index contributed by atoms with van der Waals surface area (Å²) in [7, 11) is 0. The van der Waals surface area contributed by atoms with E-state index < -0.39 is 45.0 Å². The SMILES string of the molecule is CC.Cc1cnc(-n2ccnc(C(C)(C)O)c2=O)cc1-n1c(C)cc(OC(O)(O)c2ncc(Cl)cc2F)c(Cl)c1=O. The molecule has 4 aromatic rings. The Kier molecular flexibility index (Phi) is 9.36. The van der Waals surface area contributed by atoms with Gasteiger partial charge >= 0.3 is 5.97 Å². The monoisotopic (exact) mass is 607 g/mol. The fourth-order valence-corrected chi connectivity index (χ4v) is 4.12. The van der Waals surface area contributed by atoms with Crippen molar-refractivity contribution in [2.75, 3.05) is 0 Å². The molecule has 0 fully saturated rings. The van der Waals surface area contributed by atoms with Crippen molar-refractivity contribution in [2.24, 2.45) is 0 Å². The second kappa shape index (κ2) is 12.0.